The van der Waals surface area contributed by atoms with Crippen molar-refractivity contribution in [2.45, 2.75) is 39.3 Å². The molecule has 1 saturated heterocycles. The van der Waals surface area contributed by atoms with Gasteiger partial charge in [0.15, 0.2) is 5.82 Å². The molecule has 8 nitrogen and oxygen atoms in total. The lowest BCUT2D eigenvalue weighted by atomic mass is 10.1. The largest absolute Gasteiger partial charge is 0.340 e. The molecule has 1 aliphatic heterocycles. The van der Waals surface area contributed by atoms with Gasteiger partial charge in [-0.3, -0.25) is 9.59 Å². The first kappa shape index (κ1) is 15.4. The van der Waals surface area contributed by atoms with Crippen LogP contribution in [0.2, 0.25) is 0 Å². The summed E-state index contributed by atoms with van der Waals surface area (Å²) in [5.74, 6) is 0.0654. The first-order valence-electron chi connectivity index (χ1n) is 7.20. The molecule has 0 aromatic carbocycles. The van der Waals surface area contributed by atoms with Gasteiger partial charge in [0.05, 0.1) is 6.20 Å². The number of amides is 2. The molecule has 1 unspecified atom stereocenters. The Morgan fingerprint density at radius 1 is 1.52 bits per heavy atom. The van der Waals surface area contributed by atoms with Crippen molar-refractivity contribution in [3.63, 3.8) is 0 Å². The molecule has 116 valence electrons. The lowest BCUT2D eigenvalue weighted by molar-refractivity contribution is -0.133. The summed E-state index contributed by atoms with van der Waals surface area (Å²) in [5.41, 5.74) is 5.87. The zero-order valence-corrected chi connectivity index (χ0v) is 12.5. The maximum atomic E-state index is 12.1. The highest BCUT2D eigenvalue weighted by molar-refractivity contribution is 5.90. The lowest BCUT2D eigenvalue weighted by Crippen LogP contribution is -2.46. The predicted octanol–water partition coefficient (Wildman–Crippen LogP) is -0.178. The summed E-state index contributed by atoms with van der Waals surface area (Å²) in [4.78, 5) is 25.4. The molecule has 1 aliphatic rings. The number of anilines is 1. The molecule has 2 amide bonds. The fourth-order valence-electron chi connectivity index (χ4n) is 2.18. The highest BCUT2D eigenvalue weighted by atomic mass is 16.2. The molecule has 3 N–H and O–H groups in total. The number of nitrogens with two attached hydrogens (primary N) is 1. The molecule has 1 fully saturated rings. The maximum absolute atomic E-state index is 12.1. The van der Waals surface area contributed by atoms with Crippen LogP contribution in [-0.2, 0) is 16.1 Å². The van der Waals surface area contributed by atoms with E-state index in [0.717, 1.165) is 19.4 Å². The summed E-state index contributed by atoms with van der Waals surface area (Å²) in [6.07, 6.45) is 3.44. The van der Waals surface area contributed by atoms with Crippen LogP contribution in [0.3, 0.4) is 0 Å². The summed E-state index contributed by atoms with van der Waals surface area (Å²) in [6, 6.07) is 0.0549. The molecular formula is C13H22N6O2. The van der Waals surface area contributed by atoms with E-state index in [0.29, 0.717) is 12.4 Å². The van der Waals surface area contributed by atoms with Crippen molar-refractivity contribution in [1.82, 2.24) is 19.9 Å². The molecule has 8 heteroatoms. The lowest BCUT2D eigenvalue weighted by Gasteiger charge is -2.30. The van der Waals surface area contributed by atoms with Crippen molar-refractivity contribution < 1.29 is 9.59 Å². The molecular weight excluding hydrogens is 272 g/mol. The van der Waals surface area contributed by atoms with Gasteiger partial charge in [0, 0.05) is 25.0 Å². The number of carbonyl (C=O) groups excluding carboxylic acids is 2. The average molecular weight is 294 g/mol. The minimum absolute atomic E-state index is 0.0308. The predicted molar refractivity (Wildman–Crippen MR) is 77.3 cm³/mol. The van der Waals surface area contributed by atoms with E-state index in [-0.39, 0.29) is 30.3 Å². The topological polar surface area (TPSA) is 106 Å². The van der Waals surface area contributed by atoms with Gasteiger partial charge in [-0.2, -0.15) is 0 Å². The second-order valence-corrected chi connectivity index (χ2v) is 5.69. The van der Waals surface area contributed by atoms with Gasteiger partial charge in [-0.05, 0) is 12.8 Å². The van der Waals surface area contributed by atoms with Crippen LogP contribution in [0.1, 0.15) is 26.7 Å². The number of rotatable bonds is 4. The number of hydrogen-bond acceptors (Lipinski definition) is 5. The Morgan fingerprint density at radius 3 is 2.95 bits per heavy atom. The first-order valence-corrected chi connectivity index (χ1v) is 7.20. The molecule has 0 saturated carbocycles. The number of aromatic nitrogens is 3. The summed E-state index contributed by atoms with van der Waals surface area (Å²) in [7, 11) is 0. The maximum Gasteiger partial charge on any atom is 0.244 e. The molecule has 1 aromatic rings. The smallest absolute Gasteiger partial charge is 0.244 e. The number of nitrogens with zero attached hydrogens (tertiary/aromatic N) is 4. The molecule has 1 atom stereocenters. The first-order chi connectivity index (χ1) is 9.95. The number of nitrogens with one attached hydrogen (secondary N) is 1. The summed E-state index contributed by atoms with van der Waals surface area (Å²) in [6.45, 7) is 5.02. The van der Waals surface area contributed by atoms with Crippen LogP contribution in [0.5, 0.6) is 0 Å². The van der Waals surface area contributed by atoms with Crippen molar-refractivity contribution in [2.75, 3.05) is 18.4 Å². The van der Waals surface area contributed by atoms with E-state index in [4.69, 9.17) is 5.73 Å². The van der Waals surface area contributed by atoms with Crippen molar-refractivity contribution >= 4 is 17.6 Å². The van der Waals surface area contributed by atoms with E-state index in [9.17, 15) is 9.59 Å². The van der Waals surface area contributed by atoms with Gasteiger partial charge in [0.1, 0.15) is 6.54 Å². The zero-order chi connectivity index (χ0) is 15.4. The van der Waals surface area contributed by atoms with Gasteiger partial charge in [-0.1, -0.05) is 19.1 Å². The van der Waals surface area contributed by atoms with Crippen molar-refractivity contribution in [1.29, 1.82) is 0 Å². The molecule has 0 spiro atoms. The Bertz CT molecular complexity index is 513. The van der Waals surface area contributed by atoms with Crippen LogP contribution in [0.25, 0.3) is 0 Å². The van der Waals surface area contributed by atoms with Gasteiger partial charge < -0.3 is 16.0 Å². The fraction of sp³-hybridized carbons (Fsp3) is 0.692. The normalized spacial score (nSPS) is 18.9. The van der Waals surface area contributed by atoms with Gasteiger partial charge in [0.2, 0.25) is 11.8 Å². The zero-order valence-electron chi connectivity index (χ0n) is 12.5. The van der Waals surface area contributed by atoms with Crippen LogP contribution in [0, 0.1) is 5.92 Å². The van der Waals surface area contributed by atoms with Crippen molar-refractivity contribution in [3.8, 4) is 0 Å². The highest BCUT2D eigenvalue weighted by Crippen LogP contribution is 2.09. The molecule has 0 bridgehead atoms. The van der Waals surface area contributed by atoms with Crippen LogP contribution in [0.4, 0.5) is 5.82 Å². The van der Waals surface area contributed by atoms with E-state index in [1.165, 1.54) is 4.68 Å². The van der Waals surface area contributed by atoms with E-state index >= 15 is 0 Å². The SMILES string of the molecule is CC(C)C(=O)Nc1cn(CC(=O)N2CCCC(N)C2)nn1. The van der Waals surface area contributed by atoms with Gasteiger partial charge >= 0.3 is 0 Å². The summed E-state index contributed by atoms with van der Waals surface area (Å²) >= 11 is 0. The second kappa shape index (κ2) is 6.66. The molecule has 1 aromatic heterocycles. The number of hydrogen-bond donors (Lipinski definition) is 2. The van der Waals surface area contributed by atoms with E-state index in [1.807, 2.05) is 0 Å². The van der Waals surface area contributed by atoms with Gasteiger partial charge in [0.25, 0.3) is 0 Å². The van der Waals surface area contributed by atoms with Crippen molar-refractivity contribution in [3.05, 3.63) is 6.20 Å². The second-order valence-electron chi connectivity index (χ2n) is 5.69. The Hall–Kier alpha value is -1.96. The standard InChI is InChI=1S/C13H22N6O2/c1-9(2)13(21)15-11-7-19(17-16-11)8-12(20)18-5-3-4-10(14)6-18/h7,9-10H,3-6,8,14H2,1-2H3,(H,15,21). The molecule has 0 radical (unpaired) electrons. The summed E-state index contributed by atoms with van der Waals surface area (Å²) in [5, 5.41) is 10.3. The number of likely N-dealkylation sites (tertiary alicyclic amines) is 1. The van der Waals surface area contributed by atoms with Crippen LogP contribution >= 0.6 is 0 Å². The van der Waals surface area contributed by atoms with E-state index in [1.54, 1.807) is 24.9 Å². The molecule has 2 rings (SSSR count). The van der Waals surface area contributed by atoms with Crippen LogP contribution in [-0.4, -0.2) is 50.8 Å². The third kappa shape index (κ3) is 4.25. The third-order valence-corrected chi connectivity index (χ3v) is 3.42. The summed E-state index contributed by atoms with van der Waals surface area (Å²) < 4.78 is 1.43. The highest BCUT2D eigenvalue weighted by Gasteiger charge is 2.21. The number of piperidine rings is 1. The van der Waals surface area contributed by atoms with Crippen LogP contribution in [0.15, 0.2) is 6.20 Å². The van der Waals surface area contributed by atoms with Gasteiger partial charge in [-0.25, -0.2) is 4.68 Å². The third-order valence-electron chi connectivity index (χ3n) is 3.42. The Kier molecular flexibility index (Phi) is 4.89. The number of carbonyl (C=O) groups is 2. The van der Waals surface area contributed by atoms with E-state index < -0.39 is 0 Å². The Balaban J connectivity index is 1.90. The average Bonchev–Trinajstić information content (AvgIpc) is 2.85. The molecule has 21 heavy (non-hydrogen) atoms. The van der Waals surface area contributed by atoms with E-state index in [2.05, 4.69) is 15.6 Å². The van der Waals surface area contributed by atoms with Gasteiger partial charge in [-0.15, -0.1) is 5.10 Å². The quantitative estimate of drug-likeness (QED) is 0.801. The molecule has 0 aliphatic carbocycles. The monoisotopic (exact) mass is 294 g/mol. The minimum Gasteiger partial charge on any atom is -0.340 e. The molecule has 2 heterocycles. The minimum atomic E-state index is -0.133. The Labute approximate surface area is 123 Å². The van der Waals surface area contributed by atoms with Crippen molar-refractivity contribution in [2.24, 2.45) is 11.7 Å². The van der Waals surface area contributed by atoms with Crippen LogP contribution < -0.4 is 11.1 Å². The fourth-order valence-corrected chi connectivity index (χ4v) is 2.18. The Morgan fingerprint density at radius 2 is 2.29 bits per heavy atom.